The van der Waals surface area contributed by atoms with E-state index in [0.717, 1.165) is 12.0 Å². The minimum atomic E-state index is -0.00829. The second-order valence-electron chi connectivity index (χ2n) is 5.13. The van der Waals surface area contributed by atoms with Crippen molar-refractivity contribution in [2.24, 2.45) is 11.7 Å². The molecule has 0 aliphatic heterocycles. The molecule has 0 fully saturated rings. The van der Waals surface area contributed by atoms with E-state index in [2.05, 4.69) is 49.2 Å². The van der Waals surface area contributed by atoms with Gasteiger partial charge in [-0.25, -0.2) is 0 Å². The zero-order valence-corrected chi connectivity index (χ0v) is 11.7. The van der Waals surface area contributed by atoms with E-state index in [0.29, 0.717) is 11.8 Å². The molecule has 2 aromatic rings. The average molecular weight is 254 g/mol. The van der Waals surface area contributed by atoms with Crippen LogP contribution < -0.4 is 5.73 Å². The number of pyridine rings is 1. The molecule has 19 heavy (non-hydrogen) atoms. The van der Waals surface area contributed by atoms with Gasteiger partial charge in [-0.2, -0.15) is 0 Å². The predicted molar refractivity (Wildman–Crippen MR) is 79.8 cm³/mol. The number of benzene rings is 1. The Bertz CT molecular complexity index is 481. The maximum absolute atomic E-state index is 6.51. The highest BCUT2D eigenvalue weighted by atomic mass is 14.7. The van der Waals surface area contributed by atoms with E-state index in [4.69, 9.17) is 5.73 Å². The van der Waals surface area contributed by atoms with Gasteiger partial charge >= 0.3 is 0 Å². The first-order valence-corrected chi connectivity index (χ1v) is 6.94. The predicted octanol–water partition coefficient (Wildman–Crippen LogP) is 3.91. The number of hydrogen-bond acceptors (Lipinski definition) is 2. The summed E-state index contributed by atoms with van der Waals surface area (Å²) in [5.41, 5.74) is 8.93. The van der Waals surface area contributed by atoms with Crippen molar-refractivity contribution in [2.45, 2.75) is 32.2 Å². The number of nitrogens with two attached hydrogens (primary N) is 1. The van der Waals surface area contributed by atoms with Crippen LogP contribution in [-0.2, 0) is 0 Å². The highest BCUT2D eigenvalue weighted by molar-refractivity contribution is 5.26. The lowest BCUT2D eigenvalue weighted by atomic mass is 9.78. The molecule has 100 valence electrons. The molecule has 2 rings (SSSR count). The minimum Gasteiger partial charge on any atom is -0.323 e. The lowest BCUT2D eigenvalue weighted by molar-refractivity contribution is 0.387. The van der Waals surface area contributed by atoms with Crippen molar-refractivity contribution in [3.63, 3.8) is 0 Å². The minimum absolute atomic E-state index is 0.00829. The topological polar surface area (TPSA) is 38.9 Å². The summed E-state index contributed by atoms with van der Waals surface area (Å²) >= 11 is 0. The van der Waals surface area contributed by atoms with Crippen molar-refractivity contribution in [2.75, 3.05) is 0 Å². The molecule has 0 radical (unpaired) electrons. The molecule has 1 heterocycles. The van der Waals surface area contributed by atoms with E-state index < -0.39 is 0 Å². The van der Waals surface area contributed by atoms with Gasteiger partial charge in [0.25, 0.3) is 0 Å². The lowest BCUT2D eigenvalue weighted by Gasteiger charge is -2.29. The number of aromatic nitrogens is 1. The molecule has 2 heteroatoms. The summed E-state index contributed by atoms with van der Waals surface area (Å²) in [6, 6.07) is 14.6. The first kappa shape index (κ1) is 13.8. The van der Waals surface area contributed by atoms with Crippen LogP contribution in [0.3, 0.4) is 0 Å². The monoisotopic (exact) mass is 254 g/mol. The van der Waals surface area contributed by atoms with Gasteiger partial charge in [-0.15, -0.1) is 0 Å². The average Bonchev–Trinajstić information content (AvgIpc) is 2.49. The van der Waals surface area contributed by atoms with Crippen LogP contribution >= 0.6 is 0 Å². The zero-order valence-electron chi connectivity index (χ0n) is 11.7. The molecule has 0 saturated heterocycles. The van der Waals surface area contributed by atoms with Crippen molar-refractivity contribution in [3.8, 4) is 0 Å². The van der Waals surface area contributed by atoms with E-state index in [9.17, 15) is 0 Å². The van der Waals surface area contributed by atoms with Gasteiger partial charge in [-0.1, -0.05) is 56.7 Å². The third-order valence-corrected chi connectivity index (χ3v) is 3.90. The summed E-state index contributed by atoms with van der Waals surface area (Å²) in [4.78, 5) is 4.19. The summed E-state index contributed by atoms with van der Waals surface area (Å²) in [7, 11) is 0. The Labute approximate surface area is 115 Å². The standard InChI is InChI=1S/C17H22N2/c1-3-13(2)16(14-8-5-4-6-9-14)17(18)15-10-7-11-19-12-15/h4-13,16-17H,3,18H2,1-2H3. The summed E-state index contributed by atoms with van der Waals surface area (Å²) in [5.74, 6) is 0.869. The molecule has 0 bridgehead atoms. The number of hydrogen-bond donors (Lipinski definition) is 1. The second kappa shape index (κ2) is 6.48. The fourth-order valence-electron chi connectivity index (χ4n) is 2.60. The zero-order chi connectivity index (χ0) is 13.7. The molecule has 2 nitrogen and oxygen atoms in total. The van der Waals surface area contributed by atoms with Crippen molar-refractivity contribution in [1.29, 1.82) is 0 Å². The normalized spacial score (nSPS) is 15.7. The van der Waals surface area contributed by atoms with Crippen molar-refractivity contribution in [3.05, 3.63) is 66.0 Å². The Hall–Kier alpha value is -1.67. The second-order valence-corrected chi connectivity index (χ2v) is 5.13. The van der Waals surface area contributed by atoms with Crippen LogP contribution in [0.1, 0.15) is 43.4 Å². The van der Waals surface area contributed by atoms with Crippen LogP contribution in [0.2, 0.25) is 0 Å². The summed E-state index contributed by atoms with van der Waals surface area (Å²) < 4.78 is 0. The lowest BCUT2D eigenvalue weighted by Crippen LogP contribution is -2.25. The molecule has 0 aliphatic carbocycles. The Morgan fingerprint density at radius 3 is 2.32 bits per heavy atom. The molecular formula is C17H22N2. The van der Waals surface area contributed by atoms with Gasteiger partial charge in [-0.05, 0) is 23.1 Å². The molecule has 0 aliphatic rings. The first-order valence-electron chi connectivity index (χ1n) is 6.94. The van der Waals surface area contributed by atoms with Gasteiger partial charge in [0, 0.05) is 24.4 Å². The van der Waals surface area contributed by atoms with Crippen molar-refractivity contribution < 1.29 is 0 Å². The quantitative estimate of drug-likeness (QED) is 0.878. The van der Waals surface area contributed by atoms with E-state index in [1.807, 2.05) is 18.3 Å². The van der Waals surface area contributed by atoms with Crippen LogP contribution in [0.5, 0.6) is 0 Å². The third-order valence-electron chi connectivity index (χ3n) is 3.90. The summed E-state index contributed by atoms with van der Waals surface area (Å²) in [6.07, 6.45) is 4.79. The van der Waals surface area contributed by atoms with E-state index >= 15 is 0 Å². The molecule has 0 saturated carbocycles. The molecule has 0 amide bonds. The molecule has 3 atom stereocenters. The maximum atomic E-state index is 6.51. The van der Waals surface area contributed by atoms with Gasteiger partial charge in [-0.3, -0.25) is 4.98 Å². The Morgan fingerprint density at radius 1 is 1.05 bits per heavy atom. The molecule has 1 aromatic carbocycles. The smallest absolute Gasteiger partial charge is 0.0382 e. The maximum Gasteiger partial charge on any atom is 0.0382 e. The van der Waals surface area contributed by atoms with E-state index in [1.54, 1.807) is 6.20 Å². The van der Waals surface area contributed by atoms with Crippen molar-refractivity contribution >= 4 is 0 Å². The molecule has 0 spiro atoms. The summed E-state index contributed by atoms with van der Waals surface area (Å²) in [5, 5.41) is 0. The largest absolute Gasteiger partial charge is 0.323 e. The fourth-order valence-corrected chi connectivity index (χ4v) is 2.60. The molecule has 2 N–H and O–H groups in total. The van der Waals surface area contributed by atoms with E-state index in [-0.39, 0.29) is 6.04 Å². The third kappa shape index (κ3) is 3.21. The highest BCUT2D eigenvalue weighted by Crippen LogP contribution is 2.36. The van der Waals surface area contributed by atoms with Gasteiger partial charge in [0.15, 0.2) is 0 Å². The molecule has 3 unspecified atom stereocenters. The van der Waals surface area contributed by atoms with Gasteiger partial charge < -0.3 is 5.73 Å². The summed E-state index contributed by atoms with van der Waals surface area (Å²) in [6.45, 7) is 4.49. The van der Waals surface area contributed by atoms with Crippen molar-refractivity contribution in [1.82, 2.24) is 4.98 Å². The van der Waals surface area contributed by atoms with E-state index in [1.165, 1.54) is 5.56 Å². The highest BCUT2D eigenvalue weighted by Gasteiger charge is 2.25. The number of rotatable bonds is 5. The van der Waals surface area contributed by atoms with Gasteiger partial charge in [0.05, 0.1) is 0 Å². The SMILES string of the molecule is CCC(C)C(c1ccccc1)C(N)c1cccnc1. The Balaban J connectivity index is 2.34. The van der Waals surface area contributed by atoms with Crippen LogP contribution in [0, 0.1) is 5.92 Å². The Morgan fingerprint density at radius 2 is 1.74 bits per heavy atom. The van der Waals surface area contributed by atoms with Gasteiger partial charge in [0.2, 0.25) is 0 Å². The number of nitrogens with zero attached hydrogens (tertiary/aromatic N) is 1. The van der Waals surface area contributed by atoms with Crippen LogP contribution in [0.4, 0.5) is 0 Å². The molecule has 1 aromatic heterocycles. The Kier molecular flexibility index (Phi) is 4.69. The van der Waals surface area contributed by atoms with Crippen LogP contribution in [-0.4, -0.2) is 4.98 Å². The molecular weight excluding hydrogens is 232 g/mol. The van der Waals surface area contributed by atoms with Crippen LogP contribution in [0.15, 0.2) is 54.9 Å². The van der Waals surface area contributed by atoms with Crippen LogP contribution in [0.25, 0.3) is 0 Å². The fraction of sp³-hybridized carbons (Fsp3) is 0.353. The first-order chi connectivity index (χ1) is 9.24. The van der Waals surface area contributed by atoms with Gasteiger partial charge in [0.1, 0.15) is 0 Å².